The summed E-state index contributed by atoms with van der Waals surface area (Å²) in [5, 5.41) is 1.08. The topological polar surface area (TPSA) is 26.3 Å². The molecule has 0 saturated carbocycles. The van der Waals surface area contributed by atoms with E-state index in [4.69, 9.17) is 4.74 Å². The van der Waals surface area contributed by atoms with E-state index < -0.39 is 0 Å². The molecular formula is C11H9BrO2S. The maximum Gasteiger partial charge on any atom is 0.348 e. The van der Waals surface area contributed by atoms with E-state index in [1.807, 2.05) is 25.1 Å². The van der Waals surface area contributed by atoms with Gasteiger partial charge in [-0.25, -0.2) is 4.79 Å². The Kier molecular flexibility index (Phi) is 2.80. The highest BCUT2D eigenvalue weighted by Gasteiger charge is 2.11. The molecule has 1 heterocycles. The van der Waals surface area contributed by atoms with Crippen molar-refractivity contribution in [3.05, 3.63) is 33.1 Å². The molecule has 0 N–H and O–H groups in total. The van der Waals surface area contributed by atoms with E-state index in [1.165, 1.54) is 24.0 Å². The summed E-state index contributed by atoms with van der Waals surface area (Å²) in [6, 6.07) is 5.91. The van der Waals surface area contributed by atoms with E-state index in [2.05, 4.69) is 15.9 Å². The van der Waals surface area contributed by atoms with Crippen molar-refractivity contribution in [1.82, 2.24) is 0 Å². The van der Waals surface area contributed by atoms with Crippen molar-refractivity contribution in [3.8, 4) is 0 Å². The Morgan fingerprint density at radius 3 is 2.80 bits per heavy atom. The third-order valence-corrected chi connectivity index (χ3v) is 3.88. The third-order valence-electron chi connectivity index (χ3n) is 2.15. The van der Waals surface area contributed by atoms with Gasteiger partial charge in [0, 0.05) is 9.17 Å². The molecular weight excluding hydrogens is 276 g/mol. The van der Waals surface area contributed by atoms with Gasteiger partial charge >= 0.3 is 5.97 Å². The van der Waals surface area contributed by atoms with Crippen LogP contribution >= 0.6 is 27.3 Å². The molecule has 0 amide bonds. The Balaban J connectivity index is 2.65. The lowest BCUT2D eigenvalue weighted by atomic mass is 10.2. The van der Waals surface area contributed by atoms with Gasteiger partial charge in [0.25, 0.3) is 0 Å². The number of carbonyl (C=O) groups is 1. The van der Waals surface area contributed by atoms with Gasteiger partial charge in [0.1, 0.15) is 4.88 Å². The fourth-order valence-electron chi connectivity index (χ4n) is 1.48. The fourth-order valence-corrected chi connectivity index (χ4v) is 3.10. The first kappa shape index (κ1) is 10.6. The standard InChI is InChI=1S/C11H9BrO2S/c1-6-3-8(12)4-7-5-9(11(13)14-2)15-10(6)7/h3-5H,1-2H3. The lowest BCUT2D eigenvalue weighted by Crippen LogP contribution is -1.96. The molecule has 2 rings (SSSR count). The van der Waals surface area contributed by atoms with Gasteiger partial charge in [-0.2, -0.15) is 0 Å². The molecule has 0 aliphatic carbocycles. The van der Waals surface area contributed by atoms with Gasteiger partial charge in [0.15, 0.2) is 0 Å². The van der Waals surface area contributed by atoms with Crippen molar-refractivity contribution in [1.29, 1.82) is 0 Å². The van der Waals surface area contributed by atoms with Crippen LogP contribution in [0.1, 0.15) is 15.2 Å². The average Bonchev–Trinajstić information content (AvgIpc) is 2.60. The van der Waals surface area contributed by atoms with Crippen LogP contribution in [0.4, 0.5) is 0 Å². The summed E-state index contributed by atoms with van der Waals surface area (Å²) in [6.45, 7) is 2.03. The summed E-state index contributed by atoms with van der Waals surface area (Å²) in [7, 11) is 1.40. The maximum atomic E-state index is 11.4. The number of ether oxygens (including phenoxy) is 1. The van der Waals surface area contributed by atoms with E-state index in [0.29, 0.717) is 4.88 Å². The van der Waals surface area contributed by atoms with Crippen LogP contribution in [-0.4, -0.2) is 13.1 Å². The predicted octanol–water partition coefficient (Wildman–Crippen LogP) is 3.76. The molecule has 0 radical (unpaired) electrons. The molecule has 2 nitrogen and oxygen atoms in total. The lowest BCUT2D eigenvalue weighted by Gasteiger charge is -1.95. The van der Waals surface area contributed by atoms with Crippen molar-refractivity contribution in [2.75, 3.05) is 7.11 Å². The first-order valence-electron chi connectivity index (χ1n) is 4.40. The second kappa shape index (κ2) is 3.94. The Morgan fingerprint density at radius 2 is 2.13 bits per heavy atom. The van der Waals surface area contributed by atoms with Gasteiger partial charge < -0.3 is 4.74 Å². The van der Waals surface area contributed by atoms with E-state index in [0.717, 1.165) is 14.6 Å². The third kappa shape index (κ3) is 1.92. The van der Waals surface area contributed by atoms with Gasteiger partial charge in [-0.3, -0.25) is 0 Å². The minimum Gasteiger partial charge on any atom is -0.465 e. The number of fused-ring (bicyclic) bond motifs is 1. The molecule has 0 saturated heterocycles. The number of aryl methyl sites for hydroxylation is 1. The number of thiophene rings is 1. The molecule has 0 unspecified atom stereocenters. The molecule has 4 heteroatoms. The Hall–Kier alpha value is -0.870. The Bertz CT molecular complexity index is 531. The van der Waals surface area contributed by atoms with E-state index in [9.17, 15) is 4.79 Å². The van der Waals surface area contributed by atoms with E-state index in [-0.39, 0.29) is 5.97 Å². The predicted molar refractivity (Wildman–Crippen MR) is 65.6 cm³/mol. The molecule has 0 bridgehead atoms. The number of benzene rings is 1. The average molecular weight is 285 g/mol. The zero-order valence-electron chi connectivity index (χ0n) is 8.33. The van der Waals surface area contributed by atoms with E-state index >= 15 is 0 Å². The smallest absolute Gasteiger partial charge is 0.348 e. The largest absolute Gasteiger partial charge is 0.465 e. The molecule has 0 fully saturated rings. The summed E-state index contributed by atoms with van der Waals surface area (Å²) in [4.78, 5) is 12.0. The highest BCUT2D eigenvalue weighted by atomic mass is 79.9. The summed E-state index contributed by atoms with van der Waals surface area (Å²) in [6.07, 6.45) is 0. The zero-order valence-corrected chi connectivity index (χ0v) is 10.7. The molecule has 1 aromatic carbocycles. The van der Waals surface area contributed by atoms with Crippen LogP contribution in [0.25, 0.3) is 10.1 Å². The number of carbonyl (C=O) groups excluding carboxylic acids is 1. The number of methoxy groups -OCH3 is 1. The van der Waals surface area contributed by atoms with Gasteiger partial charge in [-0.1, -0.05) is 15.9 Å². The Labute approximate surface area is 100.0 Å². The minimum atomic E-state index is -0.272. The van der Waals surface area contributed by atoms with Gasteiger partial charge in [-0.05, 0) is 36.1 Å². The van der Waals surface area contributed by atoms with Crippen molar-refractivity contribution in [3.63, 3.8) is 0 Å². The maximum absolute atomic E-state index is 11.4. The Morgan fingerprint density at radius 1 is 1.40 bits per heavy atom. The van der Waals surface area contributed by atoms with E-state index in [1.54, 1.807) is 0 Å². The highest BCUT2D eigenvalue weighted by molar-refractivity contribution is 9.10. The van der Waals surface area contributed by atoms with Crippen molar-refractivity contribution >= 4 is 43.3 Å². The first-order chi connectivity index (χ1) is 7.11. The first-order valence-corrected chi connectivity index (χ1v) is 6.01. The van der Waals surface area contributed by atoms with Crippen LogP contribution < -0.4 is 0 Å². The molecule has 0 aliphatic heterocycles. The van der Waals surface area contributed by atoms with Crippen LogP contribution in [0, 0.1) is 6.92 Å². The highest BCUT2D eigenvalue weighted by Crippen LogP contribution is 2.31. The van der Waals surface area contributed by atoms with Crippen molar-refractivity contribution in [2.24, 2.45) is 0 Å². The summed E-state index contributed by atoms with van der Waals surface area (Å²) in [5.74, 6) is -0.272. The molecule has 1 aromatic heterocycles. The van der Waals surface area contributed by atoms with Gasteiger partial charge in [0.05, 0.1) is 7.11 Å². The van der Waals surface area contributed by atoms with Gasteiger partial charge in [0.2, 0.25) is 0 Å². The minimum absolute atomic E-state index is 0.272. The quantitative estimate of drug-likeness (QED) is 0.746. The number of esters is 1. The zero-order chi connectivity index (χ0) is 11.0. The fraction of sp³-hybridized carbons (Fsp3) is 0.182. The number of hydrogen-bond acceptors (Lipinski definition) is 3. The molecule has 2 aromatic rings. The van der Waals surface area contributed by atoms with Crippen LogP contribution in [0.15, 0.2) is 22.7 Å². The molecule has 0 atom stereocenters. The number of hydrogen-bond donors (Lipinski definition) is 0. The second-order valence-corrected chi connectivity index (χ2v) is 5.21. The number of rotatable bonds is 1. The van der Waals surface area contributed by atoms with Crippen molar-refractivity contribution in [2.45, 2.75) is 6.92 Å². The van der Waals surface area contributed by atoms with Crippen LogP contribution in [0.5, 0.6) is 0 Å². The summed E-state index contributed by atoms with van der Waals surface area (Å²) >= 11 is 4.90. The van der Waals surface area contributed by atoms with Crippen molar-refractivity contribution < 1.29 is 9.53 Å². The SMILES string of the molecule is COC(=O)c1cc2cc(Br)cc(C)c2s1. The molecule has 0 spiro atoms. The molecule has 0 aliphatic rings. The number of halogens is 1. The summed E-state index contributed by atoms with van der Waals surface area (Å²) in [5.41, 5.74) is 1.17. The monoisotopic (exact) mass is 284 g/mol. The molecule has 15 heavy (non-hydrogen) atoms. The van der Waals surface area contributed by atoms with Crippen LogP contribution in [0.3, 0.4) is 0 Å². The van der Waals surface area contributed by atoms with Crippen LogP contribution in [-0.2, 0) is 4.74 Å². The lowest BCUT2D eigenvalue weighted by molar-refractivity contribution is 0.0606. The second-order valence-electron chi connectivity index (χ2n) is 3.24. The van der Waals surface area contributed by atoms with Gasteiger partial charge in [-0.15, -0.1) is 11.3 Å². The summed E-state index contributed by atoms with van der Waals surface area (Å²) < 4.78 is 6.86. The molecule has 78 valence electrons. The van der Waals surface area contributed by atoms with Crippen LogP contribution in [0.2, 0.25) is 0 Å². The normalized spacial score (nSPS) is 10.6.